The lowest BCUT2D eigenvalue weighted by Gasteiger charge is -2.29. The Balaban J connectivity index is 0.00000193. The molecule has 70 heavy (non-hydrogen) atoms. The van der Waals surface area contributed by atoms with Crippen LogP contribution in [0.25, 0.3) is 11.0 Å². The summed E-state index contributed by atoms with van der Waals surface area (Å²) in [4.78, 5) is 86.9. The lowest BCUT2D eigenvalue weighted by atomic mass is 9.89. The van der Waals surface area contributed by atoms with E-state index in [9.17, 15) is 28.8 Å². The summed E-state index contributed by atoms with van der Waals surface area (Å²) in [6, 6.07) is 18.0. The van der Waals surface area contributed by atoms with E-state index in [0.29, 0.717) is 83.9 Å². The van der Waals surface area contributed by atoms with E-state index in [1.54, 1.807) is 16.5 Å². The largest absolute Gasteiger partial charge is 0.481 e. The molecule has 0 bridgehead atoms. The summed E-state index contributed by atoms with van der Waals surface area (Å²) in [7, 11) is 1.69. The number of carboxylic acid groups (broad SMARTS) is 1. The van der Waals surface area contributed by atoms with Gasteiger partial charge in [0, 0.05) is 52.9 Å². The van der Waals surface area contributed by atoms with Gasteiger partial charge in [-0.05, 0) is 104 Å². The number of aryl methyl sites for hydroxylation is 4. The van der Waals surface area contributed by atoms with Gasteiger partial charge >= 0.3 is 5.69 Å². The van der Waals surface area contributed by atoms with Crippen LogP contribution in [0.4, 0.5) is 5.69 Å². The minimum atomic E-state index is -0.833. The quantitative estimate of drug-likeness (QED) is 0.0542. The number of amides is 4. The van der Waals surface area contributed by atoms with Gasteiger partial charge in [-0.25, -0.2) is 4.79 Å². The van der Waals surface area contributed by atoms with Crippen LogP contribution in [-0.4, -0.2) is 107 Å². The van der Waals surface area contributed by atoms with E-state index >= 15 is 0 Å². The van der Waals surface area contributed by atoms with Crippen molar-refractivity contribution >= 4 is 52.1 Å². The van der Waals surface area contributed by atoms with Gasteiger partial charge in [0.15, 0.2) is 5.78 Å². The first-order valence-corrected chi connectivity index (χ1v) is 24.3. The maximum Gasteiger partial charge on any atom is 0.329 e. The van der Waals surface area contributed by atoms with Crippen molar-refractivity contribution in [2.45, 2.75) is 122 Å². The number of rotatable bonds is 25. The third-order valence-electron chi connectivity index (χ3n) is 13.2. The lowest BCUT2D eigenvalue weighted by Crippen LogP contribution is -2.50. The van der Waals surface area contributed by atoms with Crippen LogP contribution in [0.5, 0.6) is 0 Å². The molecule has 3 aliphatic rings. The monoisotopic (exact) mass is 968 g/mol. The number of piperidine rings is 1. The molecule has 18 nitrogen and oxygen atoms in total. The average molecular weight is 969 g/mol. The number of para-hydroxylation sites is 1. The van der Waals surface area contributed by atoms with Crippen LogP contribution in [0.2, 0.25) is 0 Å². The molecule has 1 saturated heterocycles. The Morgan fingerprint density at radius 1 is 0.814 bits per heavy atom. The number of hydrogen-bond acceptors (Lipinski definition) is 12. The number of ketones is 1. The van der Waals surface area contributed by atoms with E-state index in [1.165, 1.54) is 10.1 Å². The molecule has 3 aliphatic heterocycles. The van der Waals surface area contributed by atoms with Gasteiger partial charge in [-0.15, -0.1) is 0 Å². The summed E-state index contributed by atoms with van der Waals surface area (Å²) in [6.07, 6.45) is 5.85. The predicted octanol–water partition coefficient (Wildman–Crippen LogP) is 4.00. The number of fused-ring (bicyclic) bond motifs is 1. The molecular formula is C52H68N6O12. The van der Waals surface area contributed by atoms with E-state index in [4.69, 9.17) is 40.3 Å². The third-order valence-corrected chi connectivity index (χ3v) is 13.2. The molecule has 1 unspecified atom stereocenters. The molecular weight excluding hydrogens is 901 g/mol. The van der Waals surface area contributed by atoms with E-state index in [1.807, 2.05) is 55.5 Å². The Bertz CT molecular complexity index is 2530. The van der Waals surface area contributed by atoms with Crippen molar-refractivity contribution in [3.8, 4) is 0 Å². The molecule has 7 rings (SSSR count). The standard InChI is InChI=1S/C50H64N6O10.C2H4O2/c1-32(37(16-20-45(52)58)30-44(57)43-29-38-9-3-8-36-15-17-39(51)49(61)56(43)47(36)38)66-31-35-12-10-33(11-13-35)6-4-22-63-24-26-65-27-25-64-23-5-7-34-14-18-40-42(28-34)54(2)50(62)55(40)41-19-21-46(59)53-48(41)60;1-2(3)4/h3,8-14,18,28,32,37,39,41,43H,4-7,15-17,19-27,29-31,51H2,1-2H3,(H2,52,58)(H,53,59,60);1H3,(H,3,4)/t32-,37-,39+,41?,43+;/m1./s1. The van der Waals surface area contributed by atoms with Crippen LogP contribution in [-0.2, 0) is 87.1 Å². The number of imidazole rings is 1. The molecule has 0 spiro atoms. The highest BCUT2D eigenvalue weighted by atomic mass is 16.5. The first kappa shape index (κ1) is 53.3. The number of hydrogen-bond donors (Lipinski definition) is 4. The molecule has 4 heterocycles. The Morgan fingerprint density at radius 2 is 1.43 bits per heavy atom. The molecule has 18 heteroatoms. The smallest absolute Gasteiger partial charge is 0.329 e. The maximum absolute atomic E-state index is 13.9. The highest BCUT2D eigenvalue weighted by Crippen LogP contribution is 2.40. The second-order valence-electron chi connectivity index (χ2n) is 18.3. The summed E-state index contributed by atoms with van der Waals surface area (Å²) >= 11 is 0. The van der Waals surface area contributed by atoms with Crippen molar-refractivity contribution in [3.05, 3.63) is 99.0 Å². The fraction of sp³-hybridized carbons (Fsp3) is 0.519. The van der Waals surface area contributed by atoms with Gasteiger partial charge in [-0.1, -0.05) is 48.5 Å². The van der Waals surface area contributed by atoms with Crippen molar-refractivity contribution < 1.29 is 52.8 Å². The van der Waals surface area contributed by atoms with Gasteiger partial charge in [-0.2, -0.15) is 0 Å². The van der Waals surface area contributed by atoms with Crippen LogP contribution in [0, 0.1) is 5.92 Å². The number of Topliss-reactive ketones (excluding diaryl/α,β-unsaturated/α-hetero) is 1. The van der Waals surface area contributed by atoms with Crippen molar-refractivity contribution in [1.29, 1.82) is 0 Å². The highest BCUT2D eigenvalue weighted by molar-refractivity contribution is 6.07. The van der Waals surface area contributed by atoms with Gasteiger partial charge < -0.3 is 35.5 Å². The normalized spacial score (nSPS) is 18.4. The number of carbonyl (C=O) groups is 6. The number of nitrogens with one attached hydrogen (secondary N) is 1. The summed E-state index contributed by atoms with van der Waals surface area (Å²) in [5.74, 6) is -2.56. The zero-order valence-electron chi connectivity index (χ0n) is 40.5. The number of nitrogens with two attached hydrogens (primary N) is 2. The number of aromatic nitrogens is 2. The molecule has 0 radical (unpaired) electrons. The molecule has 0 aliphatic carbocycles. The lowest BCUT2D eigenvalue weighted by molar-refractivity contribution is -0.136. The summed E-state index contributed by atoms with van der Waals surface area (Å²) < 4.78 is 26.5. The van der Waals surface area contributed by atoms with Crippen LogP contribution >= 0.6 is 0 Å². The Hall–Kier alpha value is -6.05. The van der Waals surface area contributed by atoms with Crippen molar-refractivity contribution in [3.63, 3.8) is 0 Å². The molecule has 3 aromatic carbocycles. The minimum Gasteiger partial charge on any atom is -0.481 e. The zero-order chi connectivity index (χ0) is 50.3. The minimum absolute atomic E-state index is 0.0629. The van der Waals surface area contributed by atoms with E-state index in [0.717, 1.165) is 66.1 Å². The number of nitrogens with zero attached hydrogens (tertiary/aromatic N) is 3. The Kier molecular flexibility index (Phi) is 19.6. The van der Waals surface area contributed by atoms with Gasteiger partial charge in [0.05, 0.1) is 67.9 Å². The van der Waals surface area contributed by atoms with Crippen molar-refractivity contribution in [1.82, 2.24) is 14.5 Å². The first-order valence-electron chi connectivity index (χ1n) is 24.3. The number of primary amides is 1. The van der Waals surface area contributed by atoms with Crippen LogP contribution in [0.15, 0.2) is 65.5 Å². The summed E-state index contributed by atoms with van der Waals surface area (Å²) in [5, 5.41) is 9.76. The highest BCUT2D eigenvalue weighted by Gasteiger charge is 2.43. The number of imide groups is 1. The number of anilines is 1. The first-order chi connectivity index (χ1) is 33.6. The maximum atomic E-state index is 13.9. The Labute approximate surface area is 407 Å². The molecule has 1 aromatic heterocycles. The van der Waals surface area contributed by atoms with Gasteiger partial charge in [0.2, 0.25) is 23.6 Å². The number of aliphatic carboxylic acids is 1. The summed E-state index contributed by atoms with van der Waals surface area (Å²) in [6.45, 7) is 6.47. The summed E-state index contributed by atoms with van der Waals surface area (Å²) in [5.41, 5.74) is 19.0. The molecule has 6 N–H and O–H groups in total. The Morgan fingerprint density at radius 3 is 2.09 bits per heavy atom. The second-order valence-corrected chi connectivity index (χ2v) is 18.3. The fourth-order valence-corrected chi connectivity index (χ4v) is 9.39. The SMILES string of the molecule is CC(=O)O.C[C@@H](OCc1ccc(CCCOCCOCCOCCCc2ccc3c(c2)n(C)c(=O)n3C2CCC(=O)NC2=O)cc1)[C@H](CCC(N)=O)CC(=O)[C@@H]1Cc2cccc3c2N1C(=O)[C@@H](N)CC3. The molecule has 4 amide bonds. The third kappa shape index (κ3) is 14.3. The fourth-order valence-electron chi connectivity index (χ4n) is 9.39. The van der Waals surface area contributed by atoms with Gasteiger partial charge in [-0.3, -0.25) is 48.1 Å². The molecule has 4 aromatic rings. The van der Waals surface area contributed by atoms with E-state index in [2.05, 4.69) is 17.4 Å². The molecule has 378 valence electrons. The number of benzene rings is 3. The zero-order valence-corrected chi connectivity index (χ0v) is 40.5. The van der Waals surface area contributed by atoms with Gasteiger partial charge in [0.1, 0.15) is 6.04 Å². The van der Waals surface area contributed by atoms with Crippen molar-refractivity contribution in [2.75, 3.05) is 44.5 Å². The number of carbonyl (C=O) groups excluding carboxylic acids is 5. The van der Waals surface area contributed by atoms with E-state index < -0.39 is 35.9 Å². The average Bonchev–Trinajstić information content (AvgIpc) is 3.80. The van der Waals surface area contributed by atoms with E-state index in [-0.39, 0.29) is 54.6 Å². The number of carboxylic acids is 1. The van der Waals surface area contributed by atoms with Crippen LogP contribution in [0.1, 0.15) is 99.1 Å². The van der Waals surface area contributed by atoms with Crippen LogP contribution in [0.3, 0.4) is 0 Å². The van der Waals surface area contributed by atoms with Crippen molar-refractivity contribution in [2.24, 2.45) is 24.4 Å². The second kappa shape index (κ2) is 25.7. The van der Waals surface area contributed by atoms with Gasteiger partial charge in [0.25, 0.3) is 5.97 Å². The molecule has 5 atom stereocenters. The predicted molar refractivity (Wildman–Crippen MR) is 261 cm³/mol. The van der Waals surface area contributed by atoms with Crippen LogP contribution < -0.4 is 27.4 Å². The molecule has 1 fully saturated rings. The number of ether oxygens (including phenoxy) is 4. The molecule has 0 saturated carbocycles. The topological polar surface area (TPSA) is 254 Å².